The summed E-state index contributed by atoms with van der Waals surface area (Å²) in [5.74, 6) is 1.75. The summed E-state index contributed by atoms with van der Waals surface area (Å²) in [7, 11) is 4.03. The van der Waals surface area contributed by atoms with Crippen molar-refractivity contribution in [3.8, 4) is 22.5 Å². The molecule has 1 aliphatic carbocycles. The predicted molar refractivity (Wildman–Crippen MR) is 104 cm³/mol. The van der Waals surface area contributed by atoms with Crippen molar-refractivity contribution in [2.24, 2.45) is 0 Å². The minimum absolute atomic E-state index is 0.527. The molecule has 1 saturated carbocycles. The molecule has 0 bridgehead atoms. The van der Waals surface area contributed by atoms with E-state index in [1.165, 1.54) is 12.8 Å². The highest BCUT2D eigenvalue weighted by atomic mass is 15.2. The van der Waals surface area contributed by atoms with Crippen LogP contribution in [0.5, 0.6) is 0 Å². The van der Waals surface area contributed by atoms with Crippen LogP contribution in [0.4, 0.5) is 11.6 Å². The van der Waals surface area contributed by atoms with Crippen molar-refractivity contribution >= 4 is 11.6 Å². The first-order chi connectivity index (χ1) is 12.2. The topological polar surface area (TPSA) is 41.1 Å². The molecule has 4 rings (SSSR count). The quantitative estimate of drug-likeness (QED) is 0.750. The number of rotatable bonds is 5. The number of nitrogens with one attached hydrogen (secondary N) is 1. The highest BCUT2D eigenvalue weighted by molar-refractivity contribution is 5.82. The molecule has 4 heteroatoms. The molecule has 0 radical (unpaired) electrons. The van der Waals surface area contributed by atoms with Gasteiger partial charge in [0.15, 0.2) is 11.6 Å². The molecule has 0 saturated heterocycles. The maximum Gasteiger partial charge on any atom is 0.171 e. The van der Waals surface area contributed by atoms with Gasteiger partial charge in [0.2, 0.25) is 0 Å². The van der Waals surface area contributed by atoms with Crippen LogP contribution in [-0.4, -0.2) is 30.1 Å². The Morgan fingerprint density at radius 3 is 1.80 bits per heavy atom. The van der Waals surface area contributed by atoms with E-state index in [4.69, 9.17) is 9.97 Å². The molecule has 1 fully saturated rings. The number of aromatic nitrogens is 2. The molecule has 3 aromatic rings. The van der Waals surface area contributed by atoms with E-state index in [9.17, 15) is 0 Å². The van der Waals surface area contributed by atoms with Crippen molar-refractivity contribution in [1.29, 1.82) is 0 Å². The molecule has 0 atom stereocenters. The third kappa shape index (κ3) is 3.33. The summed E-state index contributed by atoms with van der Waals surface area (Å²) in [5.41, 5.74) is 3.99. The minimum Gasteiger partial charge on any atom is -0.364 e. The van der Waals surface area contributed by atoms with E-state index in [1.54, 1.807) is 0 Å². The van der Waals surface area contributed by atoms with Crippen molar-refractivity contribution in [2.45, 2.75) is 18.9 Å². The number of anilines is 2. The van der Waals surface area contributed by atoms with Gasteiger partial charge in [-0.05, 0) is 12.8 Å². The largest absolute Gasteiger partial charge is 0.364 e. The van der Waals surface area contributed by atoms with Gasteiger partial charge in [0, 0.05) is 31.3 Å². The van der Waals surface area contributed by atoms with Crippen LogP contribution >= 0.6 is 0 Å². The Morgan fingerprint density at radius 1 is 0.800 bits per heavy atom. The Hall–Kier alpha value is -2.88. The van der Waals surface area contributed by atoms with E-state index in [1.807, 2.05) is 55.4 Å². The lowest BCUT2D eigenvalue weighted by atomic mass is 10.0. The minimum atomic E-state index is 0.527. The Kier molecular flexibility index (Phi) is 4.10. The lowest BCUT2D eigenvalue weighted by Gasteiger charge is -2.20. The third-order valence-corrected chi connectivity index (χ3v) is 4.31. The maximum absolute atomic E-state index is 5.01. The summed E-state index contributed by atoms with van der Waals surface area (Å²) in [4.78, 5) is 12.0. The van der Waals surface area contributed by atoms with Crippen molar-refractivity contribution in [2.75, 3.05) is 24.3 Å². The zero-order valence-corrected chi connectivity index (χ0v) is 14.6. The number of hydrogen-bond acceptors (Lipinski definition) is 4. The highest BCUT2D eigenvalue weighted by Gasteiger charge is 2.25. The molecule has 0 amide bonds. The summed E-state index contributed by atoms with van der Waals surface area (Å²) in [6.45, 7) is 0. The van der Waals surface area contributed by atoms with Crippen LogP contribution in [0.25, 0.3) is 22.5 Å². The number of nitrogens with zero attached hydrogens (tertiary/aromatic N) is 3. The smallest absolute Gasteiger partial charge is 0.171 e. The van der Waals surface area contributed by atoms with Gasteiger partial charge in [-0.1, -0.05) is 60.7 Å². The fourth-order valence-electron chi connectivity index (χ4n) is 2.85. The molecule has 25 heavy (non-hydrogen) atoms. The predicted octanol–water partition coefficient (Wildman–Crippen LogP) is 4.45. The van der Waals surface area contributed by atoms with Gasteiger partial charge in [-0.15, -0.1) is 0 Å². The molecule has 1 heterocycles. The van der Waals surface area contributed by atoms with Crippen LogP contribution in [-0.2, 0) is 0 Å². The first-order valence-corrected chi connectivity index (χ1v) is 8.69. The fraction of sp³-hybridized carbons (Fsp3) is 0.238. The molecular weight excluding hydrogens is 308 g/mol. The van der Waals surface area contributed by atoms with Crippen molar-refractivity contribution in [1.82, 2.24) is 9.97 Å². The lowest BCUT2D eigenvalue weighted by Crippen LogP contribution is -2.17. The van der Waals surface area contributed by atoms with E-state index in [-0.39, 0.29) is 0 Å². The normalized spacial score (nSPS) is 13.5. The summed E-state index contributed by atoms with van der Waals surface area (Å²) >= 11 is 0. The molecule has 4 nitrogen and oxygen atoms in total. The molecule has 126 valence electrons. The SMILES string of the molecule is CN(C)c1nc(-c2ccccc2)c(-c2ccccc2)nc1NC1CC1. The standard InChI is InChI=1S/C21H22N4/c1-25(2)21-20(22-17-13-14-17)23-18(15-9-5-3-6-10-15)19(24-21)16-11-7-4-8-12-16/h3-12,17H,13-14H2,1-2H3,(H,22,23). The molecule has 1 aliphatic rings. The Balaban J connectivity index is 1.92. The third-order valence-electron chi connectivity index (χ3n) is 4.31. The van der Waals surface area contributed by atoms with Crippen LogP contribution < -0.4 is 10.2 Å². The van der Waals surface area contributed by atoms with Gasteiger partial charge < -0.3 is 10.2 Å². The highest BCUT2D eigenvalue weighted by Crippen LogP contribution is 2.35. The Morgan fingerprint density at radius 2 is 1.32 bits per heavy atom. The van der Waals surface area contributed by atoms with Crippen LogP contribution in [0, 0.1) is 0 Å². The van der Waals surface area contributed by atoms with Gasteiger partial charge in [0.25, 0.3) is 0 Å². The first-order valence-electron chi connectivity index (χ1n) is 8.69. The maximum atomic E-state index is 5.01. The fourth-order valence-corrected chi connectivity index (χ4v) is 2.85. The number of benzene rings is 2. The molecular formula is C21H22N4. The van der Waals surface area contributed by atoms with Gasteiger partial charge in [0.05, 0.1) is 11.4 Å². The van der Waals surface area contributed by atoms with Crippen LogP contribution in [0.3, 0.4) is 0 Å². The molecule has 1 aromatic heterocycles. The summed E-state index contributed by atoms with van der Waals surface area (Å²) in [6.07, 6.45) is 2.41. The second-order valence-electron chi connectivity index (χ2n) is 6.64. The number of hydrogen-bond donors (Lipinski definition) is 1. The van der Waals surface area contributed by atoms with Gasteiger partial charge in [-0.25, -0.2) is 9.97 Å². The zero-order valence-electron chi connectivity index (χ0n) is 14.6. The van der Waals surface area contributed by atoms with Gasteiger partial charge in [0.1, 0.15) is 0 Å². The summed E-state index contributed by atoms with van der Waals surface area (Å²) < 4.78 is 0. The molecule has 0 aliphatic heterocycles. The van der Waals surface area contributed by atoms with Gasteiger partial charge in [-0.3, -0.25) is 0 Å². The van der Waals surface area contributed by atoms with Gasteiger partial charge in [-0.2, -0.15) is 0 Å². The Labute approximate surface area is 148 Å². The molecule has 0 spiro atoms. The molecule has 2 aromatic carbocycles. The van der Waals surface area contributed by atoms with E-state index >= 15 is 0 Å². The average Bonchev–Trinajstić information content (AvgIpc) is 3.47. The zero-order chi connectivity index (χ0) is 17.2. The lowest BCUT2D eigenvalue weighted by molar-refractivity contribution is 1.02. The average molecular weight is 330 g/mol. The molecule has 1 N–H and O–H groups in total. The van der Waals surface area contributed by atoms with E-state index in [0.717, 1.165) is 34.2 Å². The Bertz CT molecular complexity index is 856. The molecule has 0 unspecified atom stereocenters. The van der Waals surface area contributed by atoms with Crippen molar-refractivity contribution < 1.29 is 0 Å². The summed E-state index contributed by atoms with van der Waals surface area (Å²) in [6, 6.07) is 21.1. The van der Waals surface area contributed by atoms with Crippen molar-refractivity contribution in [3.63, 3.8) is 0 Å². The second kappa shape index (κ2) is 6.55. The van der Waals surface area contributed by atoms with Crippen molar-refractivity contribution in [3.05, 3.63) is 60.7 Å². The van der Waals surface area contributed by atoms with Crippen LogP contribution in [0.2, 0.25) is 0 Å². The van der Waals surface area contributed by atoms with E-state index in [2.05, 4.69) is 29.6 Å². The van der Waals surface area contributed by atoms with E-state index in [0.29, 0.717) is 6.04 Å². The monoisotopic (exact) mass is 330 g/mol. The van der Waals surface area contributed by atoms with E-state index < -0.39 is 0 Å². The van der Waals surface area contributed by atoms with Crippen LogP contribution in [0.1, 0.15) is 12.8 Å². The second-order valence-corrected chi connectivity index (χ2v) is 6.64. The van der Waals surface area contributed by atoms with Crippen LogP contribution in [0.15, 0.2) is 60.7 Å². The summed E-state index contributed by atoms with van der Waals surface area (Å²) in [5, 5.41) is 3.54. The van der Waals surface area contributed by atoms with Gasteiger partial charge >= 0.3 is 0 Å². The first kappa shape index (κ1) is 15.6.